The number of aromatic nitrogens is 2. The first-order chi connectivity index (χ1) is 12.7. The number of likely N-dealkylation sites (tertiary alicyclic amines) is 1. The fourth-order valence-electron chi connectivity index (χ4n) is 3.73. The maximum atomic E-state index is 9.91. The fourth-order valence-corrected chi connectivity index (χ4v) is 3.73. The van der Waals surface area contributed by atoms with Crippen LogP contribution in [0.1, 0.15) is 25.3 Å². The zero-order chi connectivity index (χ0) is 17.9. The minimum Gasteiger partial charge on any atom is -0.393 e. The van der Waals surface area contributed by atoms with Gasteiger partial charge in [0.15, 0.2) is 0 Å². The van der Waals surface area contributed by atoms with E-state index in [0.29, 0.717) is 6.04 Å². The second-order valence-electron chi connectivity index (χ2n) is 7.15. The van der Waals surface area contributed by atoms with Crippen molar-refractivity contribution >= 4 is 0 Å². The van der Waals surface area contributed by atoms with Crippen LogP contribution in [0.5, 0.6) is 0 Å². The fraction of sp³-hybridized carbons (Fsp3) is 0.318. The van der Waals surface area contributed by atoms with Crippen LogP contribution in [-0.2, 0) is 6.54 Å². The summed E-state index contributed by atoms with van der Waals surface area (Å²) in [6, 6.07) is 21.0. The first-order valence-electron chi connectivity index (χ1n) is 9.32. The lowest BCUT2D eigenvalue weighted by atomic mass is 9.99. The molecule has 2 atom stereocenters. The predicted octanol–water partition coefficient (Wildman–Crippen LogP) is 3.88. The van der Waals surface area contributed by atoms with E-state index in [2.05, 4.69) is 54.4 Å². The normalized spacial score (nSPS) is 21.0. The second kappa shape index (κ2) is 7.44. The Morgan fingerprint density at radius 2 is 1.73 bits per heavy atom. The van der Waals surface area contributed by atoms with E-state index in [1.54, 1.807) is 0 Å². The molecular weight excluding hydrogens is 322 g/mol. The molecule has 26 heavy (non-hydrogen) atoms. The number of aliphatic hydroxyl groups excluding tert-OH is 1. The van der Waals surface area contributed by atoms with E-state index >= 15 is 0 Å². The number of piperidine rings is 1. The molecule has 0 bridgehead atoms. The summed E-state index contributed by atoms with van der Waals surface area (Å²) in [5.74, 6) is 0. The Morgan fingerprint density at radius 3 is 2.42 bits per heavy atom. The van der Waals surface area contributed by atoms with Crippen LogP contribution in [0.2, 0.25) is 0 Å². The van der Waals surface area contributed by atoms with Gasteiger partial charge in [0.2, 0.25) is 0 Å². The molecule has 0 unspecified atom stereocenters. The maximum Gasteiger partial charge on any atom is 0.0972 e. The summed E-state index contributed by atoms with van der Waals surface area (Å²) in [5, 5.41) is 14.8. The van der Waals surface area contributed by atoms with Crippen LogP contribution in [0.15, 0.2) is 66.9 Å². The van der Waals surface area contributed by atoms with Crippen LogP contribution in [0.4, 0.5) is 0 Å². The number of rotatable bonds is 4. The molecule has 0 spiro atoms. The molecule has 4 nitrogen and oxygen atoms in total. The number of aliphatic hydroxyl groups is 1. The van der Waals surface area contributed by atoms with Crippen molar-refractivity contribution in [3.8, 4) is 16.9 Å². The van der Waals surface area contributed by atoms with Gasteiger partial charge in [-0.3, -0.25) is 4.90 Å². The average Bonchev–Trinajstić information content (AvgIpc) is 3.09. The van der Waals surface area contributed by atoms with Crippen LogP contribution in [0, 0.1) is 0 Å². The van der Waals surface area contributed by atoms with Gasteiger partial charge in [-0.15, -0.1) is 0 Å². The van der Waals surface area contributed by atoms with Crippen LogP contribution in [-0.4, -0.2) is 38.5 Å². The Balaban J connectivity index is 1.69. The first-order valence-corrected chi connectivity index (χ1v) is 9.32. The Kier molecular flexibility index (Phi) is 4.87. The highest BCUT2D eigenvalue weighted by Gasteiger charge is 2.25. The van der Waals surface area contributed by atoms with Gasteiger partial charge in [0.05, 0.1) is 17.5 Å². The highest BCUT2D eigenvalue weighted by molar-refractivity contribution is 5.63. The quantitative estimate of drug-likeness (QED) is 0.779. The van der Waals surface area contributed by atoms with E-state index in [-0.39, 0.29) is 6.10 Å². The number of para-hydroxylation sites is 1. The third kappa shape index (κ3) is 3.57. The maximum absolute atomic E-state index is 9.91. The van der Waals surface area contributed by atoms with E-state index in [4.69, 9.17) is 5.10 Å². The zero-order valence-corrected chi connectivity index (χ0v) is 15.1. The van der Waals surface area contributed by atoms with Crippen molar-refractivity contribution < 1.29 is 5.11 Å². The molecule has 1 N–H and O–H groups in total. The largest absolute Gasteiger partial charge is 0.393 e. The zero-order valence-electron chi connectivity index (χ0n) is 15.1. The van der Waals surface area contributed by atoms with Crippen LogP contribution < -0.4 is 0 Å². The summed E-state index contributed by atoms with van der Waals surface area (Å²) in [4.78, 5) is 2.45. The van der Waals surface area contributed by atoms with Gasteiger partial charge in [0.1, 0.15) is 0 Å². The van der Waals surface area contributed by atoms with Gasteiger partial charge in [-0.25, -0.2) is 4.68 Å². The van der Waals surface area contributed by atoms with Gasteiger partial charge < -0.3 is 5.11 Å². The van der Waals surface area contributed by atoms with Gasteiger partial charge in [0.25, 0.3) is 0 Å². The lowest BCUT2D eigenvalue weighted by Crippen LogP contribution is -2.42. The van der Waals surface area contributed by atoms with Gasteiger partial charge in [-0.1, -0.05) is 48.5 Å². The summed E-state index contributed by atoms with van der Waals surface area (Å²) in [6.45, 7) is 3.98. The summed E-state index contributed by atoms with van der Waals surface area (Å²) in [7, 11) is 0. The molecule has 2 aromatic carbocycles. The third-order valence-corrected chi connectivity index (χ3v) is 5.22. The van der Waals surface area contributed by atoms with Gasteiger partial charge >= 0.3 is 0 Å². The van der Waals surface area contributed by atoms with Crippen molar-refractivity contribution in [1.29, 1.82) is 0 Å². The van der Waals surface area contributed by atoms with E-state index in [1.165, 1.54) is 5.56 Å². The highest BCUT2D eigenvalue weighted by atomic mass is 16.3. The average molecular weight is 347 g/mol. The molecule has 0 saturated carbocycles. The predicted molar refractivity (Wildman–Crippen MR) is 104 cm³/mol. The summed E-state index contributed by atoms with van der Waals surface area (Å²) in [6.07, 6.45) is 3.67. The molecule has 0 aliphatic carbocycles. The van der Waals surface area contributed by atoms with Crippen molar-refractivity contribution in [3.63, 3.8) is 0 Å². The molecule has 1 aliphatic rings. The van der Waals surface area contributed by atoms with Crippen molar-refractivity contribution in [2.24, 2.45) is 0 Å². The Hall–Kier alpha value is -2.43. The van der Waals surface area contributed by atoms with Gasteiger partial charge in [0, 0.05) is 36.5 Å². The minimum absolute atomic E-state index is 0.165. The van der Waals surface area contributed by atoms with E-state index < -0.39 is 0 Å². The number of hydrogen-bond donors (Lipinski definition) is 1. The second-order valence-corrected chi connectivity index (χ2v) is 7.15. The van der Waals surface area contributed by atoms with Gasteiger partial charge in [-0.05, 0) is 31.9 Å². The molecule has 1 aliphatic heterocycles. The smallest absolute Gasteiger partial charge is 0.0972 e. The van der Waals surface area contributed by atoms with E-state index in [0.717, 1.165) is 42.9 Å². The Morgan fingerprint density at radius 1 is 1.04 bits per heavy atom. The molecule has 1 saturated heterocycles. The molecule has 3 aromatic rings. The third-order valence-electron chi connectivity index (χ3n) is 5.22. The lowest BCUT2D eigenvalue weighted by Gasteiger charge is -2.35. The SMILES string of the molecule is C[C@@H]1C[C@@H](O)CCN1Cc1cn(-c2ccccc2)nc1-c1ccccc1. The molecule has 1 fully saturated rings. The van der Waals surface area contributed by atoms with Crippen molar-refractivity contribution in [3.05, 3.63) is 72.4 Å². The highest BCUT2D eigenvalue weighted by Crippen LogP contribution is 2.27. The molecule has 0 amide bonds. The van der Waals surface area contributed by atoms with E-state index in [1.807, 2.05) is 28.9 Å². The summed E-state index contributed by atoms with van der Waals surface area (Å²) < 4.78 is 1.97. The summed E-state index contributed by atoms with van der Waals surface area (Å²) >= 11 is 0. The standard InChI is InChI=1S/C22H25N3O/c1-17-14-21(26)12-13-24(17)15-19-16-25(20-10-6-3-7-11-20)23-22(19)18-8-4-2-5-9-18/h2-11,16-17,21,26H,12-15H2,1H3/t17-,21+/m1/s1. The molecule has 1 aromatic heterocycles. The Bertz CT molecular complexity index is 844. The molecule has 134 valence electrons. The van der Waals surface area contributed by atoms with Crippen molar-refractivity contribution in [2.45, 2.75) is 38.5 Å². The Labute approximate surface area is 154 Å². The number of nitrogens with zero attached hydrogens (tertiary/aromatic N) is 3. The monoisotopic (exact) mass is 347 g/mol. The molecule has 0 radical (unpaired) electrons. The molecule has 2 heterocycles. The summed E-state index contributed by atoms with van der Waals surface area (Å²) in [5.41, 5.74) is 4.47. The van der Waals surface area contributed by atoms with E-state index in [9.17, 15) is 5.11 Å². The molecule has 4 heteroatoms. The minimum atomic E-state index is -0.165. The topological polar surface area (TPSA) is 41.3 Å². The van der Waals surface area contributed by atoms with Gasteiger partial charge in [-0.2, -0.15) is 5.10 Å². The van der Waals surface area contributed by atoms with Crippen LogP contribution in [0.25, 0.3) is 16.9 Å². The number of benzene rings is 2. The lowest BCUT2D eigenvalue weighted by molar-refractivity contribution is 0.0442. The van der Waals surface area contributed by atoms with Crippen molar-refractivity contribution in [2.75, 3.05) is 6.54 Å². The molecule has 4 rings (SSSR count). The van der Waals surface area contributed by atoms with Crippen LogP contribution in [0.3, 0.4) is 0 Å². The van der Waals surface area contributed by atoms with Crippen LogP contribution >= 0.6 is 0 Å². The molecular formula is C22H25N3O. The number of hydrogen-bond acceptors (Lipinski definition) is 3. The first kappa shape index (κ1) is 17.0. The van der Waals surface area contributed by atoms with Crippen molar-refractivity contribution in [1.82, 2.24) is 14.7 Å².